The van der Waals surface area contributed by atoms with Gasteiger partial charge >= 0.3 is 0 Å². The van der Waals surface area contributed by atoms with Gasteiger partial charge in [0.1, 0.15) is 5.82 Å². The molecular formula is C11H10FN2P. The van der Waals surface area contributed by atoms with E-state index in [1.54, 1.807) is 18.5 Å². The summed E-state index contributed by atoms with van der Waals surface area (Å²) in [6, 6.07) is 4.54. The average Bonchev–Trinajstić information content (AvgIpc) is 2.20. The summed E-state index contributed by atoms with van der Waals surface area (Å²) in [6.07, 6.45) is 3.49. The van der Waals surface area contributed by atoms with E-state index in [0.29, 0.717) is 5.82 Å². The molecule has 1 unspecified atom stereocenters. The quantitative estimate of drug-likeness (QED) is 0.688. The maximum absolute atomic E-state index is 12.9. The van der Waals surface area contributed by atoms with E-state index < -0.39 is 0 Å². The zero-order valence-electron chi connectivity index (χ0n) is 8.24. The van der Waals surface area contributed by atoms with Crippen LogP contribution in [0, 0.1) is 12.7 Å². The highest BCUT2D eigenvalue weighted by molar-refractivity contribution is 7.27. The molecule has 0 saturated carbocycles. The SMILES string of the molecule is Cc1cnc(-c2ccc(F)cc2P)nc1. The van der Waals surface area contributed by atoms with E-state index in [9.17, 15) is 4.39 Å². The van der Waals surface area contributed by atoms with Crippen molar-refractivity contribution < 1.29 is 4.39 Å². The van der Waals surface area contributed by atoms with Gasteiger partial charge < -0.3 is 0 Å². The van der Waals surface area contributed by atoms with Gasteiger partial charge in [-0.05, 0) is 36.0 Å². The topological polar surface area (TPSA) is 25.8 Å². The van der Waals surface area contributed by atoms with Crippen LogP contribution >= 0.6 is 9.24 Å². The Labute approximate surface area is 89.8 Å². The van der Waals surface area contributed by atoms with Crippen LogP contribution in [0.15, 0.2) is 30.6 Å². The molecule has 76 valence electrons. The molecule has 1 heterocycles. The van der Waals surface area contributed by atoms with Gasteiger partial charge in [0.25, 0.3) is 0 Å². The van der Waals surface area contributed by atoms with Crippen LogP contribution in [0.5, 0.6) is 0 Å². The lowest BCUT2D eigenvalue weighted by Gasteiger charge is -2.03. The summed E-state index contributed by atoms with van der Waals surface area (Å²) < 4.78 is 12.9. The lowest BCUT2D eigenvalue weighted by molar-refractivity contribution is 0.629. The van der Waals surface area contributed by atoms with E-state index in [4.69, 9.17) is 0 Å². The number of rotatable bonds is 1. The fourth-order valence-electron chi connectivity index (χ4n) is 1.27. The molecule has 0 fully saturated rings. The minimum atomic E-state index is -0.254. The normalized spacial score (nSPS) is 10.3. The van der Waals surface area contributed by atoms with E-state index in [-0.39, 0.29) is 5.82 Å². The lowest BCUT2D eigenvalue weighted by atomic mass is 10.2. The third-order valence-electron chi connectivity index (χ3n) is 2.04. The minimum Gasteiger partial charge on any atom is -0.236 e. The number of benzene rings is 1. The number of hydrogen-bond donors (Lipinski definition) is 0. The van der Waals surface area contributed by atoms with Crippen molar-refractivity contribution in [3.8, 4) is 11.4 Å². The Kier molecular flexibility index (Phi) is 2.74. The van der Waals surface area contributed by atoms with Gasteiger partial charge in [-0.1, -0.05) is 0 Å². The van der Waals surface area contributed by atoms with Gasteiger partial charge in [0.2, 0.25) is 0 Å². The number of halogens is 1. The maximum atomic E-state index is 12.9. The Balaban J connectivity index is 2.49. The summed E-state index contributed by atoms with van der Waals surface area (Å²) in [4.78, 5) is 8.38. The third kappa shape index (κ3) is 2.18. The highest BCUT2D eigenvalue weighted by Crippen LogP contribution is 2.15. The molecule has 2 rings (SSSR count). The second kappa shape index (κ2) is 4.03. The van der Waals surface area contributed by atoms with Crippen molar-refractivity contribution in [1.29, 1.82) is 0 Å². The van der Waals surface area contributed by atoms with Crippen LogP contribution in [0.1, 0.15) is 5.56 Å². The van der Waals surface area contributed by atoms with Crippen LogP contribution in [0.25, 0.3) is 11.4 Å². The van der Waals surface area contributed by atoms with Crippen molar-refractivity contribution in [1.82, 2.24) is 9.97 Å². The summed E-state index contributed by atoms with van der Waals surface area (Å²) in [5.41, 5.74) is 1.84. The van der Waals surface area contributed by atoms with Gasteiger partial charge in [-0.15, -0.1) is 9.24 Å². The van der Waals surface area contributed by atoms with Crippen molar-refractivity contribution in [3.05, 3.63) is 42.0 Å². The first-order chi connectivity index (χ1) is 7.16. The van der Waals surface area contributed by atoms with Crippen LogP contribution in [0.2, 0.25) is 0 Å². The molecule has 2 nitrogen and oxygen atoms in total. The molecule has 0 saturated heterocycles. The largest absolute Gasteiger partial charge is 0.236 e. The monoisotopic (exact) mass is 220 g/mol. The molecule has 0 aliphatic rings. The molecule has 4 heteroatoms. The third-order valence-corrected chi connectivity index (χ3v) is 2.51. The molecule has 0 amide bonds. The molecule has 0 radical (unpaired) electrons. The molecular weight excluding hydrogens is 210 g/mol. The number of hydrogen-bond acceptors (Lipinski definition) is 2. The first-order valence-electron chi connectivity index (χ1n) is 4.51. The van der Waals surface area contributed by atoms with Crippen LogP contribution in [-0.2, 0) is 0 Å². The van der Waals surface area contributed by atoms with Gasteiger partial charge in [-0.2, -0.15) is 0 Å². The summed E-state index contributed by atoms with van der Waals surface area (Å²) in [5, 5.41) is 0.763. The standard InChI is InChI=1S/C11H10FN2P/c1-7-5-13-11(14-6-7)9-3-2-8(12)4-10(9)15/h2-6H,15H2,1H3. The molecule has 15 heavy (non-hydrogen) atoms. The summed E-state index contributed by atoms with van der Waals surface area (Å²) in [6.45, 7) is 1.93. The number of aromatic nitrogens is 2. The van der Waals surface area contributed by atoms with Crippen LogP contribution < -0.4 is 5.30 Å². The van der Waals surface area contributed by atoms with Gasteiger partial charge in [-0.25, -0.2) is 14.4 Å². The van der Waals surface area contributed by atoms with Crippen molar-refractivity contribution in [2.75, 3.05) is 0 Å². The second-order valence-electron chi connectivity index (χ2n) is 3.32. The molecule has 1 aromatic carbocycles. The van der Waals surface area contributed by atoms with Crippen molar-refractivity contribution in [3.63, 3.8) is 0 Å². The first-order valence-corrected chi connectivity index (χ1v) is 5.08. The highest BCUT2D eigenvalue weighted by atomic mass is 31.0. The van der Waals surface area contributed by atoms with Crippen molar-refractivity contribution >= 4 is 14.5 Å². The van der Waals surface area contributed by atoms with Crippen LogP contribution in [0.3, 0.4) is 0 Å². The Morgan fingerprint density at radius 1 is 1.20 bits per heavy atom. The highest BCUT2D eigenvalue weighted by Gasteiger charge is 2.05. The van der Waals surface area contributed by atoms with E-state index >= 15 is 0 Å². The predicted molar refractivity (Wildman–Crippen MR) is 61.5 cm³/mol. The predicted octanol–water partition coefficient (Wildman–Crippen LogP) is 2.09. The summed E-state index contributed by atoms with van der Waals surface area (Å²) in [5.74, 6) is 0.362. The van der Waals surface area contributed by atoms with E-state index in [0.717, 1.165) is 16.4 Å². The summed E-state index contributed by atoms with van der Waals surface area (Å²) >= 11 is 0. The van der Waals surface area contributed by atoms with Crippen LogP contribution in [-0.4, -0.2) is 9.97 Å². The molecule has 1 aromatic heterocycles. The zero-order chi connectivity index (χ0) is 10.8. The molecule has 0 aliphatic carbocycles. The first kappa shape index (κ1) is 10.2. The van der Waals surface area contributed by atoms with Gasteiger partial charge in [0.15, 0.2) is 5.82 Å². The Morgan fingerprint density at radius 3 is 2.47 bits per heavy atom. The average molecular weight is 220 g/mol. The van der Waals surface area contributed by atoms with E-state index in [1.807, 2.05) is 6.92 Å². The van der Waals surface area contributed by atoms with Crippen molar-refractivity contribution in [2.24, 2.45) is 0 Å². The minimum absolute atomic E-state index is 0.254. The van der Waals surface area contributed by atoms with Gasteiger partial charge in [0, 0.05) is 18.0 Å². The lowest BCUT2D eigenvalue weighted by Crippen LogP contribution is -2.01. The maximum Gasteiger partial charge on any atom is 0.159 e. The van der Waals surface area contributed by atoms with Crippen molar-refractivity contribution in [2.45, 2.75) is 6.92 Å². The van der Waals surface area contributed by atoms with Crippen LogP contribution in [0.4, 0.5) is 4.39 Å². The fraction of sp³-hybridized carbons (Fsp3) is 0.0909. The Hall–Kier alpha value is -1.34. The van der Waals surface area contributed by atoms with Gasteiger partial charge in [-0.3, -0.25) is 0 Å². The molecule has 1 atom stereocenters. The van der Waals surface area contributed by atoms with E-state index in [2.05, 4.69) is 19.2 Å². The number of nitrogens with zero attached hydrogens (tertiary/aromatic N) is 2. The zero-order valence-corrected chi connectivity index (χ0v) is 9.39. The van der Waals surface area contributed by atoms with Gasteiger partial charge in [0.05, 0.1) is 0 Å². The molecule has 0 spiro atoms. The molecule has 0 bridgehead atoms. The smallest absolute Gasteiger partial charge is 0.159 e. The second-order valence-corrected chi connectivity index (χ2v) is 3.94. The molecule has 2 aromatic rings. The molecule has 0 aliphatic heterocycles. The Morgan fingerprint density at radius 2 is 1.87 bits per heavy atom. The molecule has 0 N–H and O–H groups in total. The Bertz CT molecular complexity index is 482. The fourth-order valence-corrected chi connectivity index (χ4v) is 1.65. The van der Waals surface area contributed by atoms with E-state index in [1.165, 1.54) is 12.1 Å². The summed E-state index contributed by atoms with van der Waals surface area (Å²) in [7, 11) is 2.49. The number of aryl methyl sites for hydroxylation is 1.